The van der Waals surface area contributed by atoms with E-state index in [1.54, 1.807) is 12.1 Å². The van der Waals surface area contributed by atoms with Gasteiger partial charge in [-0.3, -0.25) is 9.10 Å². The van der Waals surface area contributed by atoms with Crippen LogP contribution in [0.15, 0.2) is 47.4 Å². The standard InChI is InChI=1S/C15H12Cl3NO4S/c1-23-12-5-3-11(4-6-12)19(9-15(18)20)24(21,22)14-8-10(16)2-7-13(14)17/h2-8H,9H2,1H3. The van der Waals surface area contributed by atoms with Crippen LogP contribution in [-0.2, 0) is 14.8 Å². The first-order valence-electron chi connectivity index (χ1n) is 6.56. The molecular weight excluding hydrogens is 397 g/mol. The van der Waals surface area contributed by atoms with E-state index in [-0.39, 0.29) is 20.6 Å². The Balaban J connectivity index is 2.57. The molecule has 2 aromatic carbocycles. The molecule has 0 amide bonds. The average Bonchev–Trinajstić information content (AvgIpc) is 2.54. The van der Waals surface area contributed by atoms with Crippen LogP contribution in [0.2, 0.25) is 10.0 Å². The van der Waals surface area contributed by atoms with Crippen LogP contribution in [0.5, 0.6) is 5.75 Å². The molecule has 0 fully saturated rings. The highest BCUT2D eigenvalue weighted by molar-refractivity contribution is 7.93. The zero-order chi connectivity index (χ0) is 17.9. The number of carbonyl (C=O) groups is 1. The topological polar surface area (TPSA) is 63.7 Å². The summed E-state index contributed by atoms with van der Waals surface area (Å²) >= 11 is 17.3. The zero-order valence-corrected chi connectivity index (χ0v) is 15.5. The Morgan fingerprint density at radius 2 is 1.75 bits per heavy atom. The third kappa shape index (κ3) is 4.13. The van der Waals surface area contributed by atoms with Crippen LogP contribution in [0.3, 0.4) is 0 Å². The van der Waals surface area contributed by atoms with Crippen LogP contribution in [-0.4, -0.2) is 27.3 Å². The van der Waals surface area contributed by atoms with E-state index in [1.165, 1.54) is 37.4 Å². The molecule has 0 saturated carbocycles. The molecule has 0 atom stereocenters. The number of ether oxygens (including phenoxy) is 1. The van der Waals surface area contributed by atoms with Crippen LogP contribution in [0.4, 0.5) is 5.69 Å². The van der Waals surface area contributed by atoms with Gasteiger partial charge in [-0.05, 0) is 54.1 Å². The second-order valence-corrected chi connectivity index (χ2v) is 7.74. The maximum absolute atomic E-state index is 12.9. The van der Waals surface area contributed by atoms with Gasteiger partial charge in [-0.2, -0.15) is 0 Å². The number of carbonyl (C=O) groups excluding carboxylic acids is 1. The normalized spacial score (nSPS) is 11.2. The van der Waals surface area contributed by atoms with Crippen molar-refractivity contribution in [2.24, 2.45) is 0 Å². The van der Waals surface area contributed by atoms with Gasteiger partial charge >= 0.3 is 0 Å². The summed E-state index contributed by atoms with van der Waals surface area (Å²) in [6.45, 7) is -0.556. The summed E-state index contributed by atoms with van der Waals surface area (Å²) in [7, 11) is -2.67. The first-order chi connectivity index (χ1) is 11.3. The first-order valence-corrected chi connectivity index (χ1v) is 9.13. The van der Waals surface area contributed by atoms with Crippen LogP contribution in [0.25, 0.3) is 0 Å². The van der Waals surface area contributed by atoms with Crippen molar-refractivity contribution in [1.29, 1.82) is 0 Å². The van der Waals surface area contributed by atoms with E-state index < -0.39 is 21.8 Å². The minimum Gasteiger partial charge on any atom is -0.497 e. The summed E-state index contributed by atoms with van der Waals surface area (Å²) in [6, 6.07) is 10.2. The predicted molar refractivity (Wildman–Crippen MR) is 94.8 cm³/mol. The Labute approximate surface area is 154 Å². The lowest BCUT2D eigenvalue weighted by Gasteiger charge is -2.23. The number of benzene rings is 2. The Morgan fingerprint density at radius 3 is 2.29 bits per heavy atom. The van der Waals surface area contributed by atoms with Crippen molar-refractivity contribution in [2.75, 3.05) is 18.0 Å². The number of halogens is 3. The van der Waals surface area contributed by atoms with Crippen molar-refractivity contribution >= 4 is 55.8 Å². The minimum atomic E-state index is -4.15. The third-order valence-electron chi connectivity index (χ3n) is 3.09. The summed E-state index contributed by atoms with van der Waals surface area (Å²) in [5, 5.41) is -0.655. The quantitative estimate of drug-likeness (QED) is 0.679. The fraction of sp³-hybridized carbons (Fsp3) is 0.133. The second-order valence-electron chi connectivity index (χ2n) is 4.64. The van der Waals surface area contributed by atoms with E-state index in [0.717, 1.165) is 4.31 Å². The highest BCUT2D eigenvalue weighted by atomic mass is 35.5. The van der Waals surface area contributed by atoms with Gasteiger partial charge in [-0.15, -0.1) is 0 Å². The summed E-state index contributed by atoms with van der Waals surface area (Å²) in [5.74, 6) is 0.536. The molecule has 0 aliphatic carbocycles. The van der Waals surface area contributed by atoms with Gasteiger partial charge in [0.25, 0.3) is 10.0 Å². The lowest BCUT2D eigenvalue weighted by atomic mass is 10.3. The molecule has 2 aromatic rings. The zero-order valence-electron chi connectivity index (χ0n) is 12.4. The molecule has 5 nitrogen and oxygen atoms in total. The van der Waals surface area contributed by atoms with Crippen LogP contribution in [0.1, 0.15) is 0 Å². The number of hydrogen-bond acceptors (Lipinski definition) is 4. The van der Waals surface area contributed by atoms with E-state index in [0.29, 0.717) is 5.75 Å². The maximum atomic E-state index is 12.9. The number of anilines is 1. The van der Waals surface area contributed by atoms with Crippen LogP contribution < -0.4 is 9.04 Å². The Bertz CT molecular complexity index is 854. The number of methoxy groups -OCH3 is 1. The molecule has 0 aromatic heterocycles. The SMILES string of the molecule is COc1ccc(N(CC(=O)Cl)S(=O)(=O)c2cc(Cl)ccc2Cl)cc1. The van der Waals surface area contributed by atoms with Gasteiger partial charge in [0.1, 0.15) is 17.2 Å². The van der Waals surface area contributed by atoms with Gasteiger partial charge in [-0.25, -0.2) is 8.42 Å². The lowest BCUT2D eigenvalue weighted by Crippen LogP contribution is -2.34. The smallest absolute Gasteiger partial charge is 0.266 e. The van der Waals surface area contributed by atoms with Gasteiger partial charge in [-0.1, -0.05) is 23.2 Å². The van der Waals surface area contributed by atoms with Crippen LogP contribution >= 0.6 is 34.8 Å². The van der Waals surface area contributed by atoms with Crippen molar-refractivity contribution in [1.82, 2.24) is 0 Å². The second kappa shape index (κ2) is 7.61. The van der Waals surface area contributed by atoms with Crippen molar-refractivity contribution in [3.63, 3.8) is 0 Å². The van der Waals surface area contributed by atoms with E-state index in [9.17, 15) is 13.2 Å². The largest absolute Gasteiger partial charge is 0.497 e. The Morgan fingerprint density at radius 1 is 1.12 bits per heavy atom. The maximum Gasteiger partial charge on any atom is 0.266 e. The molecule has 2 rings (SSSR count). The summed E-state index contributed by atoms with van der Waals surface area (Å²) in [4.78, 5) is 11.1. The molecule has 0 bridgehead atoms. The van der Waals surface area contributed by atoms with E-state index in [2.05, 4.69) is 0 Å². The van der Waals surface area contributed by atoms with E-state index in [1.807, 2.05) is 0 Å². The molecular formula is C15H12Cl3NO4S. The summed E-state index contributed by atoms with van der Waals surface area (Å²) < 4.78 is 31.8. The molecule has 0 spiro atoms. The molecule has 0 N–H and O–H groups in total. The van der Waals surface area contributed by atoms with Gasteiger partial charge in [0.05, 0.1) is 17.8 Å². The lowest BCUT2D eigenvalue weighted by molar-refractivity contribution is -0.110. The third-order valence-corrected chi connectivity index (χ3v) is 5.70. The Hall–Kier alpha value is -1.47. The molecule has 128 valence electrons. The predicted octanol–water partition coefficient (Wildman–Crippen LogP) is 3.96. The van der Waals surface area contributed by atoms with Crippen molar-refractivity contribution in [3.05, 3.63) is 52.5 Å². The first kappa shape index (κ1) is 18.9. The van der Waals surface area contributed by atoms with Gasteiger partial charge in [0.2, 0.25) is 5.24 Å². The molecule has 9 heteroatoms. The van der Waals surface area contributed by atoms with Crippen molar-refractivity contribution < 1.29 is 17.9 Å². The minimum absolute atomic E-state index is 0.0140. The molecule has 0 radical (unpaired) electrons. The number of sulfonamides is 1. The average molecular weight is 409 g/mol. The highest BCUT2D eigenvalue weighted by Crippen LogP contribution is 2.31. The van der Waals surface area contributed by atoms with Crippen LogP contribution in [0, 0.1) is 0 Å². The summed E-state index contributed by atoms with van der Waals surface area (Å²) in [6.07, 6.45) is 0. The fourth-order valence-electron chi connectivity index (χ4n) is 1.97. The van der Waals surface area contributed by atoms with Gasteiger partial charge < -0.3 is 4.74 Å². The molecule has 0 aliphatic heterocycles. The number of rotatable bonds is 6. The van der Waals surface area contributed by atoms with Crippen molar-refractivity contribution in [3.8, 4) is 5.75 Å². The molecule has 0 heterocycles. The number of nitrogens with zero attached hydrogens (tertiary/aromatic N) is 1. The highest BCUT2D eigenvalue weighted by Gasteiger charge is 2.29. The van der Waals surface area contributed by atoms with E-state index >= 15 is 0 Å². The molecule has 24 heavy (non-hydrogen) atoms. The summed E-state index contributed by atoms with van der Waals surface area (Å²) in [5.41, 5.74) is 0.237. The fourth-order valence-corrected chi connectivity index (χ4v) is 4.32. The van der Waals surface area contributed by atoms with Gasteiger partial charge in [0, 0.05) is 5.02 Å². The van der Waals surface area contributed by atoms with E-state index in [4.69, 9.17) is 39.5 Å². The monoisotopic (exact) mass is 407 g/mol. The Kier molecular flexibility index (Phi) is 5.98. The van der Waals surface area contributed by atoms with Gasteiger partial charge in [0.15, 0.2) is 0 Å². The number of hydrogen-bond donors (Lipinski definition) is 0. The molecule has 0 unspecified atom stereocenters. The van der Waals surface area contributed by atoms with Crippen molar-refractivity contribution in [2.45, 2.75) is 4.90 Å². The molecule has 0 aliphatic rings. The molecule has 0 saturated heterocycles.